The summed E-state index contributed by atoms with van der Waals surface area (Å²) in [5, 5.41) is 0. The van der Waals surface area contributed by atoms with Gasteiger partial charge in [0.2, 0.25) is 0 Å². The number of nitrogens with two attached hydrogens (primary N) is 1. The number of rotatable bonds is 1. The van der Waals surface area contributed by atoms with Crippen LogP contribution in [0.2, 0.25) is 0 Å². The van der Waals surface area contributed by atoms with E-state index in [1.54, 1.807) is 0 Å². The third kappa shape index (κ3) is 1.59. The van der Waals surface area contributed by atoms with Crippen molar-refractivity contribution < 1.29 is 0 Å². The zero-order valence-corrected chi connectivity index (χ0v) is 9.12. The van der Waals surface area contributed by atoms with Gasteiger partial charge in [-0.25, -0.2) is 9.78 Å². The first-order valence-electron chi connectivity index (χ1n) is 5.63. The van der Waals surface area contributed by atoms with Crippen LogP contribution in [-0.2, 0) is 0 Å². The molecule has 0 aromatic carbocycles. The van der Waals surface area contributed by atoms with Gasteiger partial charge in [0.05, 0.1) is 0 Å². The molecule has 5 N–H and O–H groups in total. The summed E-state index contributed by atoms with van der Waals surface area (Å²) in [6, 6.07) is 0.0707. The van der Waals surface area contributed by atoms with Crippen LogP contribution in [0.5, 0.6) is 0 Å². The van der Waals surface area contributed by atoms with Crippen molar-refractivity contribution >= 4 is 11.2 Å². The van der Waals surface area contributed by atoms with Crippen LogP contribution in [0.25, 0.3) is 11.2 Å². The summed E-state index contributed by atoms with van der Waals surface area (Å²) in [5.74, 6) is 0.836. The highest BCUT2D eigenvalue weighted by Crippen LogP contribution is 2.31. The molecule has 0 saturated heterocycles. The fourth-order valence-corrected chi connectivity index (χ4v) is 2.45. The fraction of sp³-hybridized carbons (Fsp3) is 0.500. The van der Waals surface area contributed by atoms with Crippen molar-refractivity contribution in [1.82, 2.24) is 19.9 Å². The third-order valence-corrected chi connectivity index (χ3v) is 3.33. The summed E-state index contributed by atoms with van der Waals surface area (Å²) in [6.07, 6.45) is 2.99. The summed E-state index contributed by atoms with van der Waals surface area (Å²) < 4.78 is 0. The van der Waals surface area contributed by atoms with Gasteiger partial charge < -0.3 is 10.7 Å². The largest absolute Gasteiger partial charge is 0.336 e. The molecule has 0 radical (unpaired) electrons. The predicted octanol–water partition coefficient (Wildman–Crippen LogP) is -0.466. The van der Waals surface area contributed by atoms with Gasteiger partial charge in [0.1, 0.15) is 11.3 Å². The van der Waals surface area contributed by atoms with Gasteiger partial charge in [-0.3, -0.25) is 14.8 Å². The van der Waals surface area contributed by atoms with Crippen LogP contribution < -0.4 is 17.0 Å². The van der Waals surface area contributed by atoms with Crippen molar-refractivity contribution in [3.8, 4) is 0 Å². The smallest absolute Gasteiger partial charge is 0.327 e. The number of nitrogens with one attached hydrogen (secondary N) is 3. The SMILES string of the molecule is NC1CCCC1c1nc2[nH]c(=O)[nH]c(=O)c2[nH]1. The van der Waals surface area contributed by atoms with Crippen LogP contribution in [0.4, 0.5) is 0 Å². The summed E-state index contributed by atoms with van der Waals surface area (Å²) in [4.78, 5) is 34.5. The van der Waals surface area contributed by atoms with E-state index in [-0.39, 0.29) is 12.0 Å². The molecule has 1 aliphatic rings. The minimum atomic E-state index is -0.545. The molecule has 2 atom stereocenters. The van der Waals surface area contributed by atoms with E-state index in [4.69, 9.17) is 5.73 Å². The molecule has 1 fully saturated rings. The van der Waals surface area contributed by atoms with E-state index in [1.807, 2.05) is 0 Å². The first kappa shape index (κ1) is 10.3. The van der Waals surface area contributed by atoms with E-state index in [0.29, 0.717) is 17.0 Å². The van der Waals surface area contributed by atoms with E-state index in [2.05, 4.69) is 19.9 Å². The van der Waals surface area contributed by atoms with Crippen LogP contribution in [0.3, 0.4) is 0 Å². The number of hydrogen-bond acceptors (Lipinski definition) is 4. The molecule has 0 amide bonds. The maximum Gasteiger partial charge on any atom is 0.327 e. The standard InChI is InChI=1S/C10H13N5O2/c11-5-3-1-2-4(5)7-12-6-8(13-7)14-10(17)15-9(6)16/h4-5H,1-3,11H2,(H3,12,13,14,15,16,17). The Morgan fingerprint density at radius 3 is 2.71 bits per heavy atom. The Kier molecular flexibility index (Phi) is 2.15. The van der Waals surface area contributed by atoms with E-state index in [1.165, 1.54) is 0 Å². The molecule has 17 heavy (non-hydrogen) atoms. The fourth-order valence-electron chi connectivity index (χ4n) is 2.45. The van der Waals surface area contributed by atoms with Gasteiger partial charge in [-0.15, -0.1) is 0 Å². The number of hydrogen-bond donors (Lipinski definition) is 4. The third-order valence-electron chi connectivity index (χ3n) is 3.33. The highest BCUT2D eigenvalue weighted by Gasteiger charge is 2.28. The Morgan fingerprint density at radius 1 is 1.18 bits per heavy atom. The van der Waals surface area contributed by atoms with Crippen molar-refractivity contribution in [1.29, 1.82) is 0 Å². The molecule has 0 spiro atoms. The minimum absolute atomic E-state index is 0.0707. The summed E-state index contributed by atoms with van der Waals surface area (Å²) >= 11 is 0. The maximum absolute atomic E-state index is 11.5. The highest BCUT2D eigenvalue weighted by molar-refractivity contribution is 5.68. The van der Waals surface area contributed by atoms with E-state index >= 15 is 0 Å². The Hall–Kier alpha value is -1.89. The van der Waals surface area contributed by atoms with Crippen LogP contribution in [-0.4, -0.2) is 26.0 Å². The van der Waals surface area contributed by atoms with Gasteiger partial charge in [0, 0.05) is 12.0 Å². The first-order valence-corrected chi connectivity index (χ1v) is 5.63. The monoisotopic (exact) mass is 235 g/mol. The summed E-state index contributed by atoms with van der Waals surface area (Å²) in [7, 11) is 0. The maximum atomic E-state index is 11.5. The lowest BCUT2D eigenvalue weighted by molar-refractivity contribution is 0.588. The van der Waals surface area contributed by atoms with Crippen molar-refractivity contribution in [2.24, 2.45) is 5.73 Å². The molecule has 0 aliphatic heterocycles. The van der Waals surface area contributed by atoms with Gasteiger partial charge in [0.15, 0.2) is 5.65 Å². The average Bonchev–Trinajstić information content (AvgIpc) is 2.83. The first-order chi connectivity index (χ1) is 8.15. The van der Waals surface area contributed by atoms with Crippen LogP contribution in [0, 0.1) is 0 Å². The topological polar surface area (TPSA) is 120 Å². The number of H-pyrrole nitrogens is 3. The van der Waals surface area contributed by atoms with Gasteiger partial charge in [-0.2, -0.15) is 0 Å². The number of aromatic amines is 3. The van der Waals surface area contributed by atoms with Crippen molar-refractivity contribution in [3.63, 3.8) is 0 Å². The molecule has 1 saturated carbocycles. The number of nitrogens with zero attached hydrogens (tertiary/aromatic N) is 1. The Morgan fingerprint density at radius 2 is 2.00 bits per heavy atom. The molecular formula is C10H13N5O2. The normalized spacial score (nSPS) is 24.5. The second-order valence-electron chi connectivity index (χ2n) is 4.46. The molecule has 3 rings (SSSR count). The molecule has 2 aromatic heterocycles. The molecule has 7 nitrogen and oxygen atoms in total. The predicted molar refractivity (Wildman–Crippen MR) is 61.9 cm³/mol. The van der Waals surface area contributed by atoms with Gasteiger partial charge >= 0.3 is 5.69 Å². The molecule has 2 aromatic rings. The van der Waals surface area contributed by atoms with E-state index < -0.39 is 11.2 Å². The minimum Gasteiger partial charge on any atom is -0.336 e. The summed E-state index contributed by atoms with van der Waals surface area (Å²) in [6.45, 7) is 0. The molecule has 2 heterocycles. The van der Waals surface area contributed by atoms with Crippen molar-refractivity contribution in [3.05, 3.63) is 26.7 Å². The van der Waals surface area contributed by atoms with E-state index in [9.17, 15) is 9.59 Å². The molecule has 1 aliphatic carbocycles. The highest BCUT2D eigenvalue weighted by atomic mass is 16.2. The Balaban J connectivity index is 2.16. The lowest BCUT2D eigenvalue weighted by Gasteiger charge is -2.11. The second kappa shape index (κ2) is 3.56. The lowest BCUT2D eigenvalue weighted by atomic mass is 10.0. The molecule has 0 bridgehead atoms. The van der Waals surface area contributed by atoms with Crippen LogP contribution in [0.1, 0.15) is 31.0 Å². The zero-order valence-electron chi connectivity index (χ0n) is 9.12. The number of aromatic nitrogens is 4. The molecular weight excluding hydrogens is 222 g/mol. The van der Waals surface area contributed by atoms with Gasteiger partial charge in [-0.05, 0) is 12.8 Å². The number of fused-ring (bicyclic) bond motifs is 1. The quantitative estimate of drug-likeness (QED) is 0.534. The Bertz CT molecular complexity index is 667. The molecule has 90 valence electrons. The van der Waals surface area contributed by atoms with Gasteiger partial charge in [-0.1, -0.05) is 6.42 Å². The lowest BCUT2D eigenvalue weighted by Crippen LogP contribution is -2.23. The summed E-state index contributed by atoms with van der Waals surface area (Å²) in [5.41, 5.74) is 5.59. The molecule has 2 unspecified atom stereocenters. The van der Waals surface area contributed by atoms with Crippen LogP contribution in [0.15, 0.2) is 9.59 Å². The van der Waals surface area contributed by atoms with Crippen molar-refractivity contribution in [2.45, 2.75) is 31.2 Å². The number of imidazole rings is 1. The molecule has 7 heteroatoms. The second-order valence-corrected chi connectivity index (χ2v) is 4.46. The average molecular weight is 235 g/mol. The van der Waals surface area contributed by atoms with Gasteiger partial charge in [0.25, 0.3) is 5.56 Å². The van der Waals surface area contributed by atoms with Crippen LogP contribution >= 0.6 is 0 Å². The zero-order chi connectivity index (χ0) is 12.0. The van der Waals surface area contributed by atoms with E-state index in [0.717, 1.165) is 19.3 Å². The van der Waals surface area contributed by atoms with Crippen molar-refractivity contribution in [2.75, 3.05) is 0 Å². The Labute approximate surface area is 95.5 Å².